The summed E-state index contributed by atoms with van der Waals surface area (Å²) in [6.45, 7) is 5.18. The number of nitrogens with one attached hydrogen (secondary N) is 1. The van der Waals surface area contributed by atoms with Crippen LogP contribution in [0.5, 0.6) is 17.2 Å². The minimum absolute atomic E-state index is 0.0473. The van der Waals surface area contributed by atoms with Gasteiger partial charge in [-0.3, -0.25) is 14.5 Å². The van der Waals surface area contributed by atoms with Gasteiger partial charge in [0.25, 0.3) is 10.0 Å². The highest BCUT2D eigenvalue weighted by Crippen LogP contribution is 2.43. The zero-order valence-corrected chi connectivity index (χ0v) is 40.5. The van der Waals surface area contributed by atoms with Gasteiger partial charge in [0.05, 0.1) is 34.5 Å². The molecule has 2 aliphatic heterocycles. The number of rotatable bonds is 14. The minimum atomic E-state index is -4.48. The van der Waals surface area contributed by atoms with Crippen molar-refractivity contribution in [3.63, 3.8) is 0 Å². The smallest absolute Gasteiger partial charge is 0.328 e. The molecule has 68 heavy (non-hydrogen) atoms. The summed E-state index contributed by atoms with van der Waals surface area (Å²) in [6, 6.07) is 30.4. The second kappa shape index (κ2) is 20.4. The van der Waals surface area contributed by atoms with Gasteiger partial charge in [0.2, 0.25) is 11.8 Å². The van der Waals surface area contributed by atoms with Crippen LogP contribution in [-0.2, 0) is 55.1 Å². The Morgan fingerprint density at radius 3 is 2.26 bits per heavy atom. The van der Waals surface area contributed by atoms with Crippen LogP contribution in [0.15, 0.2) is 107 Å². The van der Waals surface area contributed by atoms with Gasteiger partial charge in [0, 0.05) is 26.4 Å². The van der Waals surface area contributed by atoms with Gasteiger partial charge in [-0.15, -0.1) is 0 Å². The molecule has 2 aliphatic rings. The lowest BCUT2D eigenvalue weighted by Gasteiger charge is -2.36. The Balaban J connectivity index is 1.05. The Kier molecular flexibility index (Phi) is 14.4. The SMILES string of the molecule is CCN(C(C)=O)c1nc(C)c(S(=O)(=O)N2Cc3cc4c(cc3CC2C(=O)N[C@@H](Cc2ccc(-c3ccc(C#N)cc3)cc2)C(=O)OC)OC[C@H](c2ccc(OCc3ccc(Cl)c(Cl)c3)cc2)O4)s1. The van der Waals surface area contributed by atoms with Crippen LogP contribution < -0.4 is 24.4 Å². The molecule has 5 aromatic carbocycles. The van der Waals surface area contributed by atoms with E-state index in [0.717, 1.165) is 37.9 Å². The van der Waals surface area contributed by atoms with Crippen LogP contribution in [0.2, 0.25) is 10.0 Å². The van der Waals surface area contributed by atoms with Crippen molar-refractivity contribution in [2.45, 2.75) is 69.2 Å². The summed E-state index contributed by atoms with van der Waals surface area (Å²) < 4.78 is 54.6. The third-order valence-corrected chi connectivity index (χ3v) is 16.1. The molecule has 1 aromatic heterocycles. The van der Waals surface area contributed by atoms with Crippen molar-refractivity contribution < 1.29 is 41.7 Å². The van der Waals surface area contributed by atoms with Crippen LogP contribution in [0.25, 0.3) is 11.1 Å². The number of anilines is 1. The van der Waals surface area contributed by atoms with Crippen LogP contribution >= 0.6 is 34.5 Å². The number of carbonyl (C=O) groups excluding carboxylic acids is 3. The zero-order chi connectivity index (χ0) is 48.3. The first kappa shape index (κ1) is 48.0. The number of nitrogens with zero attached hydrogens (tertiary/aromatic N) is 4. The number of amides is 2. The Labute approximate surface area is 408 Å². The summed E-state index contributed by atoms with van der Waals surface area (Å²) in [5, 5.41) is 13.1. The van der Waals surface area contributed by atoms with Crippen molar-refractivity contribution in [2.75, 3.05) is 25.2 Å². The largest absolute Gasteiger partial charge is 0.489 e. The van der Waals surface area contributed by atoms with Gasteiger partial charge in [0.1, 0.15) is 31.0 Å². The van der Waals surface area contributed by atoms with E-state index in [-0.39, 0.29) is 60.1 Å². The predicted octanol–water partition coefficient (Wildman–Crippen LogP) is 8.78. The fourth-order valence-corrected chi connectivity index (χ4v) is 11.7. The van der Waals surface area contributed by atoms with Crippen molar-refractivity contribution in [1.82, 2.24) is 14.6 Å². The zero-order valence-electron chi connectivity index (χ0n) is 37.3. The van der Waals surface area contributed by atoms with E-state index in [2.05, 4.69) is 16.4 Å². The molecule has 0 radical (unpaired) electrons. The molecule has 3 atom stereocenters. The third kappa shape index (κ3) is 10.3. The van der Waals surface area contributed by atoms with Gasteiger partial charge in [-0.05, 0) is 108 Å². The summed E-state index contributed by atoms with van der Waals surface area (Å²) in [7, 11) is -3.26. The highest BCUT2D eigenvalue weighted by molar-refractivity contribution is 7.91. The fourth-order valence-electron chi connectivity index (χ4n) is 8.07. The number of aromatic nitrogens is 1. The number of fused-ring (bicyclic) bond motifs is 2. The Bertz CT molecular complexity index is 3030. The second-order valence-electron chi connectivity index (χ2n) is 16.2. The van der Waals surface area contributed by atoms with Crippen LogP contribution in [0.3, 0.4) is 0 Å². The molecule has 14 nitrogen and oxygen atoms in total. The quantitative estimate of drug-likeness (QED) is 0.103. The van der Waals surface area contributed by atoms with Gasteiger partial charge < -0.3 is 24.3 Å². The number of thiazole rings is 1. The van der Waals surface area contributed by atoms with E-state index in [4.69, 9.17) is 42.1 Å². The normalized spacial score (nSPS) is 15.9. The number of sulfonamides is 1. The van der Waals surface area contributed by atoms with Gasteiger partial charge >= 0.3 is 5.97 Å². The van der Waals surface area contributed by atoms with E-state index in [1.165, 1.54) is 18.9 Å². The molecule has 1 unspecified atom stereocenters. The predicted molar refractivity (Wildman–Crippen MR) is 258 cm³/mol. The number of halogens is 2. The summed E-state index contributed by atoms with van der Waals surface area (Å²) in [6.07, 6.45) is -0.530. The van der Waals surface area contributed by atoms with Gasteiger partial charge in [-0.2, -0.15) is 9.57 Å². The Hall–Kier alpha value is -6.48. The van der Waals surface area contributed by atoms with Crippen LogP contribution in [0.4, 0.5) is 5.13 Å². The van der Waals surface area contributed by atoms with Crippen molar-refractivity contribution >= 4 is 67.5 Å². The number of hydrogen-bond donors (Lipinski definition) is 1. The molecule has 350 valence electrons. The molecule has 8 rings (SSSR count). The van der Waals surface area contributed by atoms with E-state index >= 15 is 0 Å². The third-order valence-electron chi connectivity index (χ3n) is 11.7. The molecule has 1 N–H and O–H groups in total. The number of nitriles is 1. The minimum Gasteiger partial charge on any atom is -0.489 e. The van der Waals surface area contributed by atoms with E-state index in [1.807, 2.05) is 66.7 Å². The lowest BCUT2D eigenvalue weighted by atomic mass is 9.93. The maximum absolute atomic E-state index is 14.9. The maximum Gasteiger partial charge on any atom is 0.328 e. The molecule has 0 bridgehead atoms. The van der Waals surface area contributed by atoms with E-state index < -0.39 is 40.1 Å². The number of hydrogen-bond acceptors (Lipinski definition) is 12. The average Bonchev–Trinajstić information content (AvgIpc) is 3.74. The first-order chi connectivity index (χ1) is 32.6. The van der Waals surface area contributed by atoms with E-state index in [1.54, 1.807) is 50.2 Å². The molecule has 0 saturated heterocycles. The molecular weight excluding hydrogens is 950 g/mol. The van der Waals surface area contributed by atoms with Crippen molar-refractivity contribution in [3.05, 3.63) is 152 Å². The summed E-state index contributed by atoms with van der Waals surface area (Å²) in [5.41, 5.74) is 6.12. The highest BCUT2D eigenvalue weighted by Gasteiger charge is 2.43. The molecule has 18 heteroatoms. The van der Waals surface area contributed by atoms with Crippen LogP contribution in [0.1, 0.15) is 59.0 Å². The summed E-state index contributed by atoms with van der Waals surface area (Å²) in [4.78, 5) is 46.2. The fraction of sp³-hybridized carbons (Fsp3) is 0.260. The number of methoxy groups -OCH3 is 1. The number of esters is 1. The monoisotopic (exact) mass is 993 g/mol. The first-order valence-corrected chi connectivity index (χ1v) is 24.5. The second-order valence-corrected chi connectivity index (χ2v) is 20.0. The molecule has 2 amide bonds. The molecule has 0 spiro atoms. The number of benzene rings is 5. The first-order valence-electron chi connectivity index (χ1n) is 21.5. The lowest BCUT2D eigenvalue weighted by Crippen LogP contribution is -2.56. The van der Waals surface area contributed by atoms with Gasteiger partial charge in [0.15, 0.2) is 26.9 Å². The van der Waals surface area contributed by atoms with Crippen molar-refractivity contribution in [2.24, 2.45) is 0 Å². The standard InChI is InChI=1S/C50H45Cl2N5O9S2/c1-5-56(30(3)58)50-54-29(2)49(67-50)68(61,62)57-26-38-24-45-44(65-28-46(66-45)36-15-17-39(18-16-36)64-27-33-10-19-40(51)41(52)20-33)23-37(38)22-43(57)47(59)55-42(48(60)63-4)21-31-6-11-34(12-7-31)35-13-8-32(25-53)9-14-35/h6-20,23-24,42-43,46H,5,21-22,26-28H2,1-4H3,(H,55,59)/t42-,43?,46+/m0/s1. The number of carbonyl (C=O) groups is 3. The molecule has 0 fully saturated rings. The van der Waals surface area contributed by atoms with E-state index in [9.17, 15) is 28.1 Å². The molecule has 6 aromatic rings. The molecule has 0 saturated carbocycles. The van der Waals surface area contributed by atoms with Crippen LogP contribution in [0, 0.1) is 18.3 Å². The lowest BCUT2D eigenvalue weighted by molar-refractivity contribution is -0.145. The topological polar surface area (TPSA) is 177 Å². The van der Waals surface area contributed by atoms with Gasteiger partial charge in [-0.25, -0.2) is 18.2 Å². The van der Waals surface area contributed by atoms with Crippen molar-refractivity contribution in [3.8, 4) is 34.4 Å². The Morgan fingerprint density at radius 1 is 0.941 bits per heavy atom. The Morgan fingerprint density at radius 2 is 1.62 bits per heavy atom. The molecule has 3 heterocycles. The number of aryl methyl sites for hydroxylation is 1. The number of ether oxygens (including phenoxy) is 4. The highest BCUT2D eigenvalue weighted by atomic mass is 35.5. The summed E-state index contributed by atoms with van der Waals surface area (Å²) >= 11 is 13.1. The average molecular weight is 995 g/mol. The summed E-state index contributed by atoms with van der Waals surface area (Å²) in [5.74, 6) is -0.281. The maximum atomic E-state index is 14.9. The molecule has 0 aliphatic carbocycles. The molecular formula is C50H45Cl2N5O9S2. The van der Waals surface area contributed by atoms with Crippen molar-refractivity contribution in [1.29, 1.82) is 5.26 Å². The van der Waals surface area contributed by atoms with Crippen LogP contribution in [-0.4, -0.2) is 67.8 Å². The van der Waals surface area contributed by atoms with E-state index in [0.29, 0.717) is 49.5 Å². The van der Waals surface area contributed by atoms with Gasteiger partial charge in [-0.1, -0.05) is 89.1 Å².